The number of benzene rings is 5. The van der Waals surface area contributed by atoms with Crippen LogP contribution in [-0.4, -0.2) is 15.0 Å². The van der Waals surface area contributed by atoms with E-state index < -0.39 is 0 Å². The molecule has 0 saturated carbocycles. The monoisotopic (exact) mass is 469 g/mol. The van der Waals surface area contributed by atoms with Crippen molar-refractivity contribution in [1.29, 1.82) is 0 Å². The van der Waals surface area contributed by atoms with E-state index in [1.165, 1.54) is 16.5 Å². The zero-order valence-electron chi connectivity index (χ0n) is 18.8. The molecule has 0 atom stereocenters. The van der Waals surface area contributed by atoms with Crippen LogP contribution in [0.3, 0.4) is 0 Å². The van der Waals surface area contributed by atoms with Gasteiger partial charge in [-0.05, 0) is 56.8 Å². The van der Waals surface area contributed by atoms with E-state index in [-0.39, 0.29) is 5.28 Å². The van der Waals surface area contributed by atoms with E-state index in [0.29, 0.717) is 11.6 Å². The van der Waals surface area contributed by atoms with Gasteiger partial charge < -0.3 is 0 Å². The first-order valence-corrected chi connectivity index (χ1v) is 11.8. The molecule has 166 valence electrons. The second-order valence-corrected chi connectivity index (χ2v) is 8.64. The molecule has 0 unspecified atom stereocenters. The molecule has 35 heavy (non-hydrogen) atoms. The van der Waals surface area contributed by atoms with Crippen molar-refractivity contribution in [2.75, 3.05) is 0 Å². The number of hydrogen-bond acceptors (Lipinski definition) is 3. The summed E-state index contributed by atoms with van der Waals surface area (Å²) < 4.78 is 0. The Labute approximate surface area is 208 Å². The molecule has 5 aromatic carbocycles. The molecule has 6 aromatic rings. The van der Waals surface area contributed by atoms with E-state index in [4.69, 9.17) is 16.6 Å². The third-order valence-electron chi connectivity index (χ3n) is 6.06. The second kappa shape index (κ2) is 9.13. The fourth-order valence-corrected chi connectivity index (χ4v) is 4.51. The predicted octanol–water partition coefficient (Wildman–Crippen LogP) is 8.35. The second-order valence-electron chi connectivity index (χ2n) is 8.31. The van der Waals surface area contributed by atoms with Crippen LogP contribution in [0.1, 0.15) is 0 Å². The van der Waals surface area contributed by atoms with Crippen LogP contribution in [0, 0.1) is 0 Å². The lowest BCUT2D eigenvalue weighted by Gasteiger charge is -2.12. The van der Waals surface area contributed by atoms with Gasteiger partial charge in [-0.15, -0.1) is 0 Å². The lowest BCUT2D eigenvalue weighted by Crippen LogP contribution is -1.97. The van der Waals surface area contributed by atoms with Crippen LogP contribution in [0.15, 0.2) is 121 Å². The minimum absolute atomic E-state index is 0.177. The minimum atomic E-state index is 0.177. The maximum atomic E-state index is 6.34. The van der Waals surface area contributed by atoms with E-state index in [1.54, 1.807) is 0 Å². The number of aromatic nitrogens is 3. The number of hydrogen-bond donors (Lipinski definition) is 0. The lowest BCUT2D eigenvalue weighted by atomic mass is 9.94. The average Bonchev–Trinajstić information content (AvgIpc) is 2.93. The molecule has 0 aliphatic carbocycles. The van der Waals surface area contributed by atoms with E-state index in [0.717, 1.165) is 27.6 Å². The van der Waals surface area contributed by atoms with Gasteiger partial charge in [0.1, 0.15) is 0 Å². The molecule has 0 aliphatic heterocycles. The molecular formula is C31H20ClN3. The highest BCUT2D eigenvalue weighted by molar-refractivity contribution is 6.28. The molecule has 0 radical (unpaired) electrons. The van der Waals surface area contributed by atoms with Gasteiger partial charge in [-0.25, -0.2) is 4.98 Å². The first kappa shape index (κ1) is 21.2. The lowest BCUT2D eigenvalue weighted by molar-refractivity contribution is 1.07. The van der Waals surface area contributed by atoms with Gasteiger partial charge in [0.2, 0.25) is 5.28 Å². The van der Waals surface area contributed by atoms with Crippen molar-refractivity contribution >= 4 is 22.4 Å². The molecule has 1 heterocycles. The molecular weight excluding hydrogens is 450 g/mol. The molecule has 3 nitrogen and oxygen atoms in total. The van der Waals surface area contributed by atoms with Gasteiger partial charge in [-0.2, -0.15) is 9.97 Å². The maximum Gasteiger partial charge on any atom is 0.226 e. The van der Waals surface area contributed by atoms with Crippen LogP contribution < -0.4 is 0 Å². The van der Waals surface area contributed by atoms with Crippen molar-refractivity contribution in [2.24, 2.45) is 0 Å². The van der Waals surface area contributed by atoms with Crippen LogP contribution in [-0.2, 0) is 0 Å². The number of nitrogens with zero attached hydrogens (tertiary/aromatic N) is 3. The van der Waals surface area contributed by atoms with Gasteiger partial charge in [0, 0.05) is 11.1 Å². The summed E-state index contributed by atoms with van der Waals surface area (Å²) in [6, 6.07) is 41.5. The van der Waals surface area contributed by atoms with Crippen molar-refractivity contribution in [1.82, 2.24) is 15.0 Å². The third-order valence-corrected chi connectivity index (χ3v) is 6.23. The molecule has 6 rings (SSSR count). The van der Waals surface area contributed by atoms with Gasteiger partial charge in [0.25, 0.3) is 0 Å². The van der Waals surface area contributed by atoms with Crippen LogP contribution in [0.5, 0.6) is 0 Å². The maximum absolute atomic E-state index is 6.34. The van der Waals surface area contributed by atoms with Crippen molar-refractivity contribution in [3.8, 4) is 45.0 Å². The van der Waals surface area contributed by atoms with Crippen LogP contribution in [0.4, 0.5) is 0 Å². The van der Waals surface area contributed by atoms with Crippen LogP contribution in [0.25, 0.3) is 55.8 Å². The molecule has 4 heteroatoms. The van der Waals surface area contributed by atoms with E-state index >= 15 is 0 Å². The summed E-state index contributed by atoms with van der Waals surface area (Å²) >= 11 is 6.34. The Morgan fingerprint density at radius 2 is 0.971 bits per heavy atom. The normalized spacial score (nSPS) is 11.0. The Balaban J connectivity index is 1.49. The number of halogens is 1. The summed E-state index contributed by atoms with van der Waals surface area (Å²) in [5.74, 6) is 1.11. The highest BCUT2D eigenvalue weighted by Gasteiger charge is 2.13. The first-order valence-electron chi connectivity index (χ1n) is 11.4. The summed E-state index contributed by atoms with van der Waals surface area (Å²) in [7, 11) is 0. The van der Waals surface area contributed by atoms with Crippen molar-refractivity contribution in [3.63, 3.8) is 0 Å². The molecule has 0 amide bonds. The number of rotatable bonds is 4. The fourth-order valence-electron chi connectivity index (χ4n) is 4.35. The Bertz CT molecular complexity index is 1630. The SMILES string of the molecule is Clc1nc(-c2ccccc2)nc(-c2cc(-c3ccc(-c4ccccc4)cc3)c3ccccc3c2)n1. The summed E-state index contributed by atoms with van der Waals surface area (Å²) in [4.78, 5) is 13.6. The molecule has 0 spiro atoms. The third kappa shape index (κ3) is 4.30. The smallest absolute Gasteiger partial charge is 0.208 e. The highest BCUT2D eigenvalue weighted by Crippen LogP contribution is 2.35. The summed E-state index contributed by atoms with van der Waals surface area (Å²) in [6.07, 6.45) is 0. The van der Waals surface area contributed by atoms with E-state index in [9.17, 15) is 0 Å². The van der Waals surface area contributed by atoms with Gasteiger partial charge in [0.05, 0.1) is 0 Å². The molecule has 0 fully saturated rings. The molecule has 0 saturated heterocycles. The zero-order valence-corrected chi connectivity index (χ0v) is 19.5. The summed E-state index contributed by atoms with van der Waals surface area (Å²) in [5.41, 5.74) is 6.43. The average molecular weight is 470 g/mol. The molecule has 1 aromatic heterocycles. The largest absolute Gasteiger partial charge is 0.226 e. The summed E-state index contributed by atoms with van der Waals surface area (Å²) in [6.45, 7) is 0. The van der Waals surface area contributed by atoms with Crippen molar-refractivity contribution in [2.45, 2.75) is 0 Å². The van der Waals surface area contributed by atoms with Crippen molar-refractivity contribution < 1.29 is 0 Å². The quantitative estimate of drug-likeness (QED) is 0.260. The Morgan fingerprint density at radius 1 is 0.429 bits per heavy atom. The standard InChI is InChI=1S/C31H20ClN3/c32-31-34-29(24-11-5-2-6-12-24)33-30(35-31)26-19-25-13-7-8-14-27(25)28(20-26)23-17-15-22(16-18-23)21-9-3-1-4-10-21/h1-20H. The van der Waals surface area contributed by atoms with E-state index in [1.807, 2.05) is 42.5 Å². The topological polar surface area (TPSA) is 38.7 Å². The predicted molar refractivity (Wildman–Crippen MR) is 144 cm³/mol. The minimum Gasteiger partial charge on any atom is -0.208 e. The fraction of sp³-hybridized carbons (Fsp3) is 0. The van der Waals surface area contributed by atoms with Gasteiger partial charge in [-0.3, -0.25) is 0 Å². The zero-order chi connectivity index (χ0) is 23.6. The Hall–Kier alpha value is -4.34. The van der Waals surface area contributed by atoms with Crippen molar-refractivity contribution in [3.05, 3.63) is 127 Å². The molecule has 0 N–H and O–H groups in total. The van der Waals surface area contributed by atoms with Crippen LogP contribution in [0.2, 0.25) is 5.28 Å². The molecule has 0 aliphatic rings. The highest BCUT2D eigenvalue weighted by atomic mass is 35.5. The summed E-state index contributed by atoms with van der Waals surface area (Å²) in [5, 5.41) is 2.47. The Morgan fingerprint density at radius 3 is 1.69 bits per heavy atom. The van der Waals surface area contributed by atoms with E-state index in [2.05, 4.69) is 88.8 Å². The van der Waals surface area contributed by atoms with Gasteiger partial charge in [0.15, 0.2) is 11.6 Å². The molecule has 0 bridgehead atoms. The van der Waals surface area contributed by atoms with Gasteiger partial charge in [-0.1, -0.05) is 109 Å². The number of fused-ring (bicyclic) bond motifs is 1. The van der Waals surface area contributed by atoms with Gasteiger partial charge >= 0.3 is 0 Å². The van der Waals surface area contributed by atoms with Crippen LogP contribution >= 0.6 is 11.6 Å². The Kier molecular flexibility index (Phi) is 5.53. The first-order chi connectivity index (χ1) is 17.2.